The van der Waals surface area contributed by atoms with Gasteiger partial charge in [0.25, 0.3) is 0 Å². The molecule has 0 aromatic rings. The molecule has 0 spiro atoms. The molecule has 0 aromatic heterocycles. The first kappa shape index (κ1) is 11.8. The van der Waals surface area contributed by atoms with Crippen LogP contribution in [0.25, 0.3) is 0 Å². The van der Waals surface area contributed by atoms with E-state index in [2.05, 4.69) is 0 Å². The zero-order chi connectivity index (χ0) is 9.23. The van der Waals surface area contributed by atoms with E-state index in [9.17, 15) is 0 Å². The van der Waals surface area contributed by atoms with E-state index in [1.807, 2.05) is 11.8 Å². The largest absolute Gasteiger partial charge is 0.369 e. The van der Waals surface area contributed by atoms with Crippen LogP contribution in [0.1, 0.15) is 6.92 Å². The summed E-state index contributed by atoms with van der Waals surface area (Å²) < 4.78 is 15.1. The van der Waals surface area contributed by atoms with Crippen LogP contribution < -0.4 is 5.73 Å². The van der Waals surface area contributed by atoms with E-state index in [1.165, 1.54) is 0 Å². The summed E-state index contributed by atoms with van der Waals surface area (Å²) in [5.41, 5.74) is 5.17. The highest BCUT2D eigenvalue weighted by molar-refractivity contribution is 4.36. The first-order valence-electron chi connectivity index (χ1n) is 3.92. The summed E-state index contributed by atoms with van der Waals surface area (Å²) in [7, 11) is 1.63. The quantitative estimate of drug-likeness (QED) is 0.521. The summed E-state index contributed by atoms with van der Waals surface area (Å²) in [4.78, 5) is 1.86. The van der Waals surface area contributed by atoms with Crippen LogP contribution in [-0.4, -0.2) is 45.5 Å². The highest BCUT2D eigenvalue weighted by atomic mass is 16.5. The van der Waals surface area contributed by atoms with E-state index >= 15 is 0 Å². The van der Waals surface area contributed by atoms with Crippen LogP contribution in [-0.2, 0) is 14.2 Å². The molecule has 12 heavy (non-hydrogen) atoms. The fourth-order valence-electron chi connectivity index (χ4n) is 0.697. The molecule has 5 nitrogen and oxygen atoms in total. The first-order chi connectivity index (χ1) is 5.85. The molecule has 0 atom stereocenters. The minimum Gasteiger partial charge on any atom is -0.369 e. The Morgan fingerprint density at radius 3 is 2.33 bits per heavy atom. The molecule has 5 heteroatoms. The molecule has 0 heterocycles. The van der Waals surface area contributed by atoms with E-state index in [1.54, 1.807) is 7.11 Å². The van der Waals surface area contributed by atoms with Crippen molar-refractivity contribution in [1.82, 2.24) is 4.90 Å². The van der Waals surface area contributed by atoms with Gasteiger partial charge in [-0.15, -0.1) is 0 Å². The first-order valence-corrected chi connectivity index (χ1v) is 3.92. The lowest BCUT2D eigenvalue weighted by Gasteiger charge is -2.19. The molecule has 0 aliphatic carbocycles. The van der Waals surface area contributed by atoms with Gasteiger partial charge in [-0.2, -0.15) is 0 Å². The Bertz CT molecular complexity index is 84.7. The molecular weight excluding hydrogens is 160 g/mol. The van der Waals surface area contributed by atoms with Gasteiger partial charge in [-0.3, -0.25) is 0 Å². The Kier molecular flexibility index (Phi) is 8.74. The van der Waals surface area contributed by atoms with E-state index in [0.29, 0.717) is 26.8 Å². The third-order valence-electron chi connectivity index (χ3n) is 1.18. The van der Waals surface area contributed by atoms with Crippen LogP contribution in [0.2, 0.25) is 0 Å². The smallest absolute Gasteiger partial charge is 0.104 e. The Hall–Kier alpha value is -0.200. The van der Waals surface area contributed by atoms with Crippen LogP contribution in [0.15, 0.2) is 0 Å². The molecule has 74 valence electrons. The van der Waals surface area contributed by atoms with Crippen molar-refractivity contribution in [3.63, 3.8) is 0 Å². The summed E-state index contributed by atoms with van der Waals surface area (Å²) in [6.45, 7) is 4.26. The fraction of sp³-hybridized carbons (Fsp3) is 1.00. The Morgan fingerprint density at radius 2 is 1.83 bits per heavy atom. The maximum atomic E-state index is 5.17. The highest BCUT2D eigenvalue weighted by Crippen LogP contribution is 1.89. The number of rotatable bonds is 8. The minimum atomic E-state index is 0.215. The molecule has 0 rings (SSSR count). The highest BCUT2D eigenvalue weighted by Gasteiger charge is 2.02. The molecule has 0 aliphatic heterocycles. The number of methoxy groups -OCH3 is 1. The zero-order valence-electron chi connectivity index (χ0n) is 7.78. The van der Waals surface area contributed by atoms with Crippen LogP contribution in [0.5, 0.6) is 0 Å². The van der Waals surface area contributed by atoms with Crippen LogP contribution in [0.3, 0.4) is 0 Å². The number of ether oxygens (including phenoxy) is 3. The van der Waals surface area contributed by atoms with Crippen molar-refractivity contribution < 1.29 is 14.2 Å². The molecule has 0 fully saturated rings. The molecular formula is C7H18N2O3. The molecule has 0 saturated heterocycles. The maximum Gasteiger partial charge on any atom is 0.104 e. The van der Waals surface area contributed by atoms with Gasteiger partial charge in [-0.1, -0.05) is 0 Å². The SMILES string of the molecule is CCOCN(COC)COCN. The van der Waals surface area contributed by atoms with Gasteiger partial charge in [-0.25, -0.2) is 4.90 Å². The van der Waals surface area contributed by atoms with Crippen molar-refractivity contribution in [1.29, 1.82) is 0 Å². The van der Waals surface area contributed by atoms with Crippen LogP contribution >= 0.6 is 0 Å². The van der Waals surface area contributed by atoms with Gasteiger partial charge in [0.15, 0.2) is 0 Å². The molecule has 0 unspecified atom stereocenters. The van der Waals surface area contributed by atoms with Crippen molar-refractivity contribution in [3.8, 4) is 0 Å². The van der Waals surface area contributed by atoms with Gasteiger partial charge in [0, 0.05) is 13.7 Å². The summed E-state index contributed by atoms with van der Waals surface area (Å²) in [6, 6.07) is 0. The van der Waals surface area contributed by atoms with Crippen molar-refractivity contribution in [2.75, 3.05) is 40.6 Å². The summed E-state index contributed by atoms with van der Waals surface area (Å²) in [5, 5.41) is 0. The number of nitrogens with zero attached hydrogens (tertiary/aromatic N) is 1. The molecule has 0 radical (unpaired) electrons. The lowest BCUT2D eigenvalue weighted by Crippen LogP contribution is -2.32. The Balaban J connectivity index is 3.40. The van der Waals surface area contributed by atoms with Crippen molar-refractivity contribution in [3.05, 3.63) is 0 Å². The van der Waals surface area contributed by atoms with Crippen LogP contribution in [0.4, 0.5) is 0 Å². The maximum absolute atomic E-state index is 5.17. The van der Waals surface area contributed by atoms with Gasteiger partial charge >= 0.3 is 0 Å². The lowest BCUT2D eigenvalue weighted by atomic mass is 10.8. The third kappa shape index (κ3) is 6.51. The fourth-order valence-corrected chi connectivity index (χ4v) is 0.697. The van der Waals surface area contributed by atoms with E-state index in [0.717, 1.165) is 0 Å². The Labute approximate surface area is 73.4 Å². The topological polar surface area (TPSA) is 57.0 Å². The number of hydrogen-bond donors (Lipinski definition) is 1. The van der Waals surface area contributed by atoms with Gasteiger partial charge in [0.1, 0.15) is 20.2 Å². The Morgan fingerprint density at radius 1 is 1.17 bits per heavy atom. The van der Waals surface area contributed by atoms with Gasteiger partial charge in [0.2, 0.25) is 0 Å². The molecule has 0 bridgehead atoms. The standard InChI is InChI=1S/C7H18N2O3/c1-3-11-6-9(5-10-2)7-12-4-8/h3-8H2,1-2H3. The summed E-state index contributed by atoms with van der Waals surface area (Å²) in [5.74, 6) is 0. The second kappa shape index (κ2) is 8.89. The average molecular weight is 178 g/mol. The van der Waals surface area contributed by atoms with Gasteiger partial charge in [0.05, 0.1) is 6.73 Å². The second-order valence-electron chi connectivity index (χ2n) is 2.21. The number of nitrogens with two attached hydrogens (primary N) is 1. The molecule has 0 amide bonds. The predicted octanol–water partition coefficient (Wildman–Crippen LogP) is -0.223. The average Bonchev–Trinajstić information content (AvgIpc) is 2.10. The molecule has 0 saturated carbocycles. The second-order valence-corrected chi connectivity index (χ2v) is 2.21. The normalized spacial score (nSPS) is 11.0. The van der Waals surface area contributed by atoms with Crippen molar-refractivity contribution in [2.45, 2.75) is 6.92 Å². The minimum absolute atomic E-state index is 0.215. The summed E-state index contributed by atoms with van der Waals surface area (Å²) >= 11 is 0. The zero-order valence-corrected chi connectivity index (χ0v) is 7.78. The predicted molar refractivity (Wildman–Crippen MR) is 45.2 cm³/mol. The van der Waals surface area contributed by atoms with E-state index in [-0.39, 0.29) is 6.73 Å². The molecule has 0 aromatic carbocycles. The van der Waals surface area contributed by atoms with E-state index in [4.69, 9.17) is 19.9 Å². The van der Waals surface area contributed by atoms with Gasteiger partial charge in [-0.05, 0) is 6.92 Å². The van der Waals surface area contributed by atoms with Crippen molar-refractivity contribution >= 4 is 0 Å². The molecule has 0 aliphatic rings. The molecule has 2 N–H and O–H groups in total. The third-order valence-corrected chi connectivity index (χ3v) is 1.18. The number of hydrogen-bond acceptors (Lipinski definition) is 5. The van der Waals surface area contributed by atoms with Crippen LogP contribution in [0, 0.1) is 0 Å². The monoisotopic (exact) mass is 178 g/mol. The summed E-state index contributed by atoms with van der Waals surface area (Å²) in [6.07, 6.45) is 0. The van der Waals surface area contributed by atoms with Gasteiger partial charge < -0.3 is 19.9 Å². The van der Waals surface area contributed by atoms with E-state index < -0.39 is 0 Å². The van der Waals surface area contributed by atoms with Crippen molar-refractivity contribution in [2.24, 2.45) is 5.73 Å². The lowest BCUT2D eigenvalue weighted by molar-refractivity contribution is -0.0863.